The molecule has 0 saturated carbocycles. The summed E-state index contributed by atoms with van der Waals surface area (Å²) >= 11 is 5.83. The van der Waals surface area contributed by atoms with Gasteiger partial charge in [-0.05, 0) is 23.3 Å². The van der Waals surface area contributed by atoms with E-state index in [0.717, 1.165) is 11.6 Å². The first-order chi connectivity index (χ1) is 8.45. The van der Waals surface area contributed by atoms with Crippen LogP contribution < -0.4 is 0 Å². The van der Waals surface area contributed by atoms with Gasteiger partial charge in [-0.15, -0.1) is 0 Å². The average molecular weight is 271 g/mol. The van der Waals surface area contributed by atoms with E-state index in [-0.39, 0.29) is 6.42 Å². The summed E-state index contributed by atoms with van der Waals surface area (Å²) in [5, 5.41) is 0.565. The molecule has 0 aromatic heterocycles. The van der Waals surface area contributed by atoms with Crippen LogP contribution >= 0.6 is 11.6 Å². The smallest absolute Gasteiger partial charge is 0.166 e. The Bertz CT molecular complexity index is 536. The van der Waals surface area contributed by atoms with Crippen molar-refractivity contribution < 1.29 is 13.2 Å². The summed E-state index contributed by atoms with van der Waals surface area (Å²) in [6, 6.07) is 7.01. The van der Waals surface area contributed by atoms with E-state index >= 15 is 0 Å². The molecule has 0 N–H and O–H groups in total. The molecule has 18 heavy (non-hydrogen) atoms. The number of rotatable bonds is 1. The average Bonchev–Trinajstić information content (AvgIpc) is 2.28. The molecule has 1 aromatic rings. The molecular formula is C14H10ClF3. The van der Waals surface area contributed by atoms with Gasteiger partial charge in [-0.3, -0.25) is 0 Å². The third-order valence-electron chi connectivity index (χ3n) is 2.57. The molecule has 0 bridgehead atoms. The summed E-state index contributed by atoms with van der Waals surface area (Å²) in [5.41, 5.74) is 0.885. The second kappa shape index (κ2) is 5.02. The van der Waals surface area contributed by atoms with Gasteiger partial charge in [-0.2, -0.15) is 13.2 Å². The Kier molecular flexibility index (Phi) is 3.62. The molecule has 2 rings (SSSR count). The van der Waals surface area contributed by atoms with E-state index in [2.05, 4.69) is 0 Å². The Hall–Kier alpha value is -1.48. The van der Waals surface area contributed by atoms with Gasteiger partial charge in [0.05, 0.1) is 0 Å². The van der Waals surface area contributed by atoms with Gasteiger partial charge in [0.15, 0.2) is 0 Å². The van der Waals surface area contributed by atoms with E-state index in [4.69, 9.17) is 11.6 Å². The van der Waals surface area contributed by atoms with Crippen LogP contribution in [0.2, 0.25) is 5.02 Å². The molecule has 0 nitrogen and oxygen atoms in total. The van der Waals surface area contributed by atoms with Crippen LogP contribution in [0.1, 0.15) is 12.0 Å². The predicted molar refractivity (Wildman–Crippen MR) is 67.3 cm³/mol. The van der Waals surface area contributed by atoms with Gasteiger partial charge in [-0.25, -0.2) is 0 Å². The minimum absolute atomic E-state index is 0.105. The Balaban J connectivity index is 2.22. The van der Waals surface area contributed by atoms with Crippen LogP contribution in [0.15, 0.2) is 53.6 Å². The molecule has 0 spiro atoms. The quantitative estimate of drug-likeness (QED) is 0.660. The molecule has 1 aliphatic rings. The molecule has 1 aliphatic carbocycles. The fourth-order valence-electron chi connectivity index (χ4n) is 1.73. The van der Waals surface area contributed by atoms with Crippen LogP contribution in [0.5, 0.6) is 0 Å². The molecule has 0 fully saturated rings. The number of benzene rings is 1. The molecule has 0 aliphatic heterocycles. The molecule has 0 amide bonds. The largest absolute Gasteiger partial charge is 0.413 e. The van der Waals surface area contributed by atoms with Crippen molar-refractivity contribution in [3.05, 3.63) is 64.2 Å². The van der Waals surface area contributed by atoms with Crippen molar-refractivity contribution in [2.45, 2.75) is 12.6 Å². The van der Waals surface area contributed by atoms with Gasteiger partial charge < -0.3 is 0 Å². The monoisotopic (exact) mass is 270 g/mol. The van der Waals surface area contributed by atoms with Crippen LogP contribution in [-0.2, 0) is 0 Å². The van der Waals surface area contributed by atoms with E-state index < -0.39 is 11.7 Å². The van der Waals surface area contributed by atoms with Crippen molar-refractivity contribution in [2.75, 3.05) is 0 Å². The molecular weight excluding hydrogens is 261 g/mol. The second-order valence-electron chi connectivity index (χ2n) is 4.00. The highest BCUT2D eigenvalue weighted by molar-refractivity contribution is 6.30. The fourth-order valence-corrected chi connectivity index (χ4v) is 1.93. The third-order valence-corrected chi connectivity index (χ3v) is 2.80. The molecule has 0 radical (unpaired) electrons. The molecule has 0 atom stereocenters. The molecule has 1 aromatic carbocycles. The van der Waals surface area contributed by atoms with Crippen LogP contribution in [0.4, 0.5) is 13.2 Å². The van der Waals surface area contributed by atoms with Crippen LogP contribution in [0.3, 0.4) is 0 Å². The van der Waals surface area contributed by atoms with Gasteiger partial charge in [-0.1, -0.05) is 48.0 Å². The van der Waals surface area contributed by atoms with Crippen molar-refractivity contribution in [3.63, 3.8) is 0 Å². The highest BCUT2D eigenvalue weighted by Gasteiger charge is 2.33. The lowest BCUT2D eigenvalue weighted by molar-refractivity contribution is -0.0931. The van der Waals surface area contributed by atoms with Gasteiger partial charge in [0.25, 0.3) is 0 Å². The highest BCUT2D eigenvalue weighted by Crippen LogP contribution is 2.33. The lowest BCUT2D eigenvalue weighted by atomic mass is 9.97. The predicted octanol–water partition coefficient (Wildman–Crippen LogP) is 5.17. The zero-order valence-corrected chi connectivity index (χ0v) is 10.1. The fraction of sp³-hybridized carbons (Fsp3) is 0.143. The highest BCUT2D eigenvalue weighted by atomic mass is 35.5. The first kappa shape index (κ1) is 13.0. The maximum Gasteiger partial charge on any atom is 0.413 e. The minimum atomic E-state index is -4.27. The number of allylic oxidation sites excluding steroid dienone is 5. The standard InChI is InChI=1S/C14H10ClF3/c15-13-6-2-4-11(9-13)7-10-3-1-5-12(8-10)14(16,17)18/h1-7,9H,8H2. The Morgan fingerprint density at radius 3 is 2.67 bits per heavy atom. The minimum Gasteiger partial charge on any atom is -0.166 e. The number of hydrogen-bond acceptors (Lipinski definition) is 0. The van der Waals surface area contributed by atoms with Gasteiger partial charge in [0, 0.05) is 17.0 Å². The van der Waals surface area contributed by atoms with Crippen molar-refractivity contribution in [3.8, 4) is 0 Å². The first-order valence-corrected chi connectivity index (χ1v) is 5.73. The lowest BCUT2D eigenvalue weighted by Gasteiger charge is -2.14. The molecule has 94 valence electrons. The SMILES string of the molecule is FC(F)(F)C1=CC=CC(=Cc2cccc(Cl)c2)C1. The van der Waals surface area contributed by atoms with Gasteiger partial charge in [0.2, 0.25) is 0 Å². The Morgan fingerprint density at radius 2 is 2.00 bits per heavy atom. The molecule has 0 saturated heterocycles. The van der Waals surface area contributed by atoms with Crippen molar-refractivity contribution in [2.24, 2.45) is 0 Å². The summed E-state index contributed by atoms with van der Waals surface area (Å²) in [6.45, 7) is 0. The summed E-state index contributed by atoms with van der Waals surface area (Å²) < 4.78 is 37.7. The summed E-state index contributed by atoms with van der Waals surface area (Å²) in [4.78, 5) is 0. The lowest BCUT2D eigenvalue weighted by Crippen LogP contribution is -2.13. The van der Waals surface area contributed by atoms with Crippen molar-refractivity contribution in [1.29, 1.82) is 0 Å². The third kappa shape index (κ3) is 3.26. The van der Waals surface area contributed by atoms with E-state index in [1.165, 1.54) is 6.08 Å². The zero-order valence-electron chi connectivity index (χ0n) is 9.34. The van der Waals surface area contributed by atoms with Crippen LogP contribution in [0, 0.1) is 0 Å². The van der Waals surface area contributed by atoms with Crippen molar-refractivity contribution >= 4 is 17.7 Å². The Morgan fingerprint density at radius 1 is 1.22 bits per heavy atom. The van der Waals surface area contributed by atoms with E-state index in [0.29, 0.717) is 10.6 Å². The summed E-state index contributed by atoms with van der Waals surface area (Å²) in [7, 11) is 0. The number of alkyl halides is 3. The van der Waals surface area contributed by atoms with Crippen LogP contribution in [0.25, 0.3) is 6.08 Å². The maximum absolute atomic E-state index is 12.6. The van der Waals surface area contributed by atoms with E-state index in [1.807, 2.05) is 0 Å². The zero-order chi connectivity index (χ0) is 13.2. The Labute approximate surface area is 108 Å². The first-order valence-electron chi connectivity index (χ1n) is 5.36. The number of hydrogen-bond donors (Lipinski definition) is 0. The van der Waals surface area contributed by atoms with E-state index in [1.54, 1.807) is 36.4 Å². The molecule has 0 unspecified atom stereocenters. The summed E-state index contributed by atoms with van der Waals surface area (Å²) in [5.74, 6) is 0. The summed E-state index contributed by atoms with van der Waals surface area (Å²) in [6.07, 6.45) is 1.54. The van der Waals surface area contributed by atoms with Gasteiger partial charge >= 0.3 is 6.18 Å². The number of halogens is 4. The second-order valence-corrected chi connectivity index (χ2v) is 4.44. The van der Waals surface area contributed by atoms with Crippen molar-refractivity contribution in [1.82, 2.24) is 0 Å². The van der Waals surface area contributed by atoms with E-state index in [9.17, 15) is 13.2 Å². The normalized spacial score (nSPS) is 18.0. The van der Waals surface area contributed by atoms with Crippen LogP contribution in [-0.4, -0.2) is 6.18 Å². The maximum atomic E-state index is 12.6. The molecule has 4 heteroatoms. The molecule has 0 heterocycles. The topological polar surface area (TPSA) is 0 Å². The van der Waals surface area contributed by atoms with Gasteiger partial charge in [0.1, 0.15) is 0 Å².